The molecule has 3 N–H and O–H groups in total. The van der Waals surface area contributed by atoms with Crippen LogP contribution in [0.15, 0.2) is 5.16 Å². The van der Waals surface area contributed by atoms with E-state index in [4.69, 9.17) is 27.3 Å². The van der Waals surface area contributed by atoms with Crippen LogP contribution < -0.4 is 5.73 Å². The van der Waals surface area contributed by atoms with Gasteiger partial charge >= 0.3 is 0 Å². The fraction of sp³-hybridized carbons (Fsp3) is 0.636. The number of halogens is 1. The molecule has 2 rings (SSSR count). The van der Waals surface area contributed by atoms with E-state index < -0.39 is 0 Å². The van der Waals surface area contributed by atoms with Gasteiger partial charge in [-0.2, -0.15) is 5.10 Å². The largest absolute Gasteiger partial charge is 0.409 e. The van der Waals surface area contributed by atoms with Crippen LogP contribution >= 0.6 is 11.6 Å². The van der Waals surface area contributed by atoms with Gasteiger partial charge in [-0.1, -0.05) is 16.8 Å². The number of nitrogens with two attached hydrogens (primary N) is 1. The number of rotatable bonds is 3. The fourth-order valence-electron chi connectivity index (χ4n) is 2.17. The van der Waals surface area contributed by atoms with E-state index in [-0.39, 0.29) is 11.9 Å². The lowest BCUT2D eigenvalue weighted by Crippen LogP contribution is -2.48. The molecule has 1 atom stereocenters. The van der Waals surface area contributed by atoms with Crippen molar-refractivity contribution in [1.29, 1.82) is 0 Å². The molecule has 1 unspecified atom stereocenters. The van der Waals surface area contributed by atoms with E-state index in [1.165, 1.54) is 0 Å². The van der Waals surface area contributed by atoms with Crippen LogP contribution in [0.3, 0.4) is 0 Å². The third-order valence-electron chi connectivity index (χ3n) is 3.25. The fourth-order valence-corrected chi connectivity index (χ4v) is 2.40. The first kappa shape index (κ1) is 14.1. The smallest absolute Gasteiger partial charge is 0.169 e. The summed E-state index contributed by atoms with van der Waals surface area (Å²) in [6, 6.07) is 0. The van der Waals surface area contributed by atoms with Crippen molar-refractivity contribution in [3.05, 3.63) is 16.4 Å². The van der Waals surface area contributed by atoms with Gasteiger partial charge in [-0.3, -0.25) is 9.58 Å². The van der Waals surface area contributed by atoms with Gasteiger partial charge in [0.1, 0.15) is 11.3 Å². The monoisotopic (exact) mass is 287 g/mol. The van der Waals surface area contributed by atoms with Crippen molar-refractivity contribution in [1.82, 2.24) is 14.7 Å². The highest BCUT2D eigenvalue weighted by Crippen LogP contribution is 2.21. The minimum absolute atomic E-state index is 0.0960. The molecule has 1 aromatic heterocycles. The molecule has 2 heterocycles. The molecule has 0 saturated carbocycles. The Labute approximate surface area is 116 Å². The maximum atomic E-state index is 8.68. The van der Waals surface area contributed by atoms with Gasteiger partial charge in [-0.05, 0) is 6.92 Å². The third-order valence-corrected chi connectivity index (χ3v) is 3.72. The normalized spacial score (nSPS) is 21.8. The Morgan fingerprint density at radius 2 is 2.42 bits per heavy atom. The van der Waals surface area contributed by atoms with Crippen molar-refractivity contribution in [2.45, 2.75) is 19.6 Å². The van der Waals surface area contributed by atoms with E-state index in [0.29, 0.717) is 24.8 Å². The Morgan fingerprint density at radius 3 is 3.00 bits per heavy atom. The highest BCUT2D eigenvalue weighted by molar-refractivity contribution is 6.30. The van der Waals surface area contributed by atoms with Crippen LogP contribution in [0.1, 0.15) is 11.3 Å². The molecule has 1 fully saturated rings. The molecule has 19 heavy (non-hydrogen) atoms. The summed E-state index contributed by atoms with van der Waals surface area (Å²) in [6.45, 7) is 4.50. The van der Waals surface area contributed by atoms with Gasteiger partial charge < -0.3 is 15.7 Å². The lowest BCUT2D eigenvalue weighted by Gasteiger charge is -2.32. The van der Waals surface area contributed by atoms with Gasteiger partial charge in [0, 0.05) is 32.2 Å². The quantitative estimate of drug-likeness (QED) is 0.362. The van der Waals surface area contributed by atoms with Gasteiger partial charge in [0.25, 0.3) is 0 Å². The summed E-state index contributed by atoms with van der Waals surface area (Å²) in [5.41, 5.74) is 7.49. The molecule has 106 valence electrons. The van der Waals surface area contributed by atoms with Crippen molar-refractivity contribution >= 4 is 17.4 Å². The van der Waals surface area contributed by atoms with Crippen LogP contribution in [-0.4, -0.2) is 51.5 Å². The number of oxime groups is 1. The Kier molecular flexibility index (Phi) is 4.28. The molecule has 1 aliphatic rings. The van der Waals surface area contributed by atoms with Crippen LogP contribution in [0.2, 0.25) is 5.15 Å². The number of morpholine rings is 1. The topological polar surface area (TPSA) is 88.9 Å². The lowest BCUT2D eigenvalue weighted by molar-refractivity contribution is 0.00135. The standard InChI is InChI=1S/C11H18ClN5O2/c1-7-8(10(12)16(2)14-7)5-17-3-4-19-9(6-17)11(13)15-18/h9,18H,3-6H2,1-2H3,(H2,13,15). The first-order valence-corrected chi connectivity index (χ1v) is 6.40. The molecule has 0 spiro atoms. The molecule has 0 radical (unpaired) electrons. The zero-order chi connectivity index (χ0) is 14.0. The lowest BCUT2D eigenvalue weighted by atomic mass is 10.2. The predicted octanol–water partition coefficient (Wildman–Crippen LogP) is 0.329. The molecule has 7 nitrogen and oxygen atoms in total. The van der Waals surface area contributed by atoms with Crippen molar-refractivity contribution in [2.75, 3.05) is 19.7 Å². The van der Waals surface area contributed by atoms with Gasteiger partial charge in [-0.15, -0.1) is 0 Å². The van der Waals surface area contributed by atoms with Crippen LogP contribution in [-0.2, 0) is 18.3 Å². The van der Waals surface area contributed by atoms with E-state index in [1.807, 2.05) is 14.0 Å². The van der Waals surface area contributed by atoms with Crippen molar-refractivity contribution in [3.63, 3.8) is 0 Å². The average molecular weight is 288 g/mol. The third kappa shape index (κ3) is 2.99. The molecule has 1 aromatic rings. The second kappa shape index (κ2) is 5.77. The molecular weight excluding hydrogens is 270 g/mol. The van der Waals surface area contributed by atoms with Crippen LogP contribution in [0.4, 0.5) is 0 Å². The van der Waals surface area contributed by atoms with Gasteiger partial charge in [0.15, 0.2) is 5.84 Å². The number of hydrogen-bond acceptors (Lipinski definition) is 5. The number of nitrogens with zero attached hydrogens (tertiary/aromatic N) is 4. The maximum Gasteiger partial charge on any atom is 0.169 e. The second-order valence-electron chi connectivity index (χ2n) is 4.60. The highest BCUT2D eigenvalue weighted by atomic mass is 35.5. The summed E-state index contributed by atoms with van der Waals surface area (Å²) in [4.78, 5) is 2.15. The Bertz CT molecular complexity index is 488. The minimum atomic E-state index is -0.380. The maximum absolute atomic E-state index is 8.68. The molecule has 1 saturated heterocycles. The number of aromatic nitrogens is 2. The summed E-state index contributed by atoms with van der Waals surface area (Å²) in [7, 11) is 1.82. The highest BCUT2D eigenvalue weighted by Gasteiger charge is 2.25. The zero-order valence-electron chi connectivity index (χ0n) is 11.0. The first-order chi connectivity index (χ1) is 9.02. The average Bonchev–Trinajstić information content (AvgIpc) is 2.65. The SMILES string of the molecule is Cc1nn(C)c(Cl)c1CN1CCOC(C(N)=NO)C1. The summed E-state index contributed by atoms with van der Waals surface area (Å²) in [6.07, 6.45) is -0.380. The van der Waals surface area contributed by atoms with Gasteiger partial charge in [0.2, 0.25) is 0 Å². The molecule has 8 heteroatoms. The van der Waals surface area contributed by atoms with Crippen LogP contribution in [0.25, 0.3) is 0 Å². The molecule has 0 aromatic carbocycles. The Hall–Kier alpha value is -1.31. The minimum Gasteiger partial charge on any atom is -0.409 e. The summed E-state index contributed by atoms with van der Waals surface area (Å²) < 4.78 is 7.11. The number of aryl methyl sites for hydroxylation is 2. The van der Waals surface area contributed by atoms with Gasteiger partial charge in [-0.25, -0.2) is 0 Å². The summed E-state index contributed by atoms with van der Waals surface area (Å²) >= 11 is 6.21. The number of amidine groups is 1. The predicted molar refractivity (Wildman–Crippen MR) is 71.4 cm³/mol. The van der Waals surface area contributed by atoms with E-state index in [2.05, 4.69) is 15.2 Å². The van der Waals surface area contributed by atoms with Crippen molar-refractivity contribution < 1.29 is 9.94 Å². The first-order valence-electron chi connectivity index (χ1n) is 6.02. The molecule has 0 amide bonds. The molecular formula is C11H18ClN5O2. The molecule has 1 aliphatic heterocycles. The van der Waals surface area contributed by atoms with Crippen molar-refractivity contribution in [3.8, 4) is 0 Å². The zero-order valence-corrected chi connectivity index (χ0v) is 11.8. The Morgan fingerprint density at radius 1 is 1.68 bits per heavy atom. The Balaban J connectivity index is 2.07. The molecule has 0 aliphatic carbocycles. The van der Waals surface area contributed by atoms with E-state index in [9.17, 15) is 0 Å². The van der Waals surface area contributed by atoms with Crippen LogP contribution in [0.5, 0.6) is 0 Å². The number of hydrogen-bond donors (Lipinski definition) is 2. The van der Waals surface area contributed by atoms with E-state index >= 15 is 0 Å². The second-order valence-corrected chi connectivity index (χ2v) is 4.96. The van der Waals surface area contributed by atoms with Crippen LogP contribution in [0, 0.1) is 6.92 Å². The van der Waals surface area contributed by atoms with E-state index in [0.717, 1.165) is 17.8 Å². The summed E-state index contributed by atoms with van der Waals surface area (Å²) in [5, 5.41) is 16.6. The van der Waals surface area contributed by atoms with Crippen molar-refractivity contribution in [2.24, 2.45) is 17.9 Å². The van der Waals surface area contributed by atoms with Gasteiger partial charge in [0.05, 0.1) is 12.3 Å². The van der Waals surface area contributed by atoms with E-state index in [1.54, 1.807) is 4.68 Å². The number of ether oxygens (including phenoxy) is 1. The summed E-state index contributed by atoms with van der Waals surface area (Å²) in [5.74, 6) is 0.0960. The molecule has 0 bridgehead atoms.